The molecular formula is C8H9N5. The van der Waals surface area contributed by atoms with Gasteiger partial charge in [0.05, 0.1) is 17.8 Å². The lowest BCUT2D eigenvalue weighted by Crippen LogP contribution is -1.86. The first kappa shape index (κ1) is 9.17. The summed E-state index contributed by atoms with van der Waals surface area (Å²) in [5, 5.41) is 7.42. The molecule has 0 saturated carbocycles. The van der Waals surface area contributed by atoms with Crippen LogP contribution in [0.4, 0.5) is 0 Å². The molecule has 0 aliphatic heterocycles. The molecule has 1 aromatic rings. The number of hydrogen-bond acceptors (Lipinski definition) is 2. The highest BCUT2D eigenvalue weighted by atomic mass is 15.2. The van der Waals surface area contributed by atoms with Gasteiger partial charge in [-0.25, -0.2) is 0 Å². The highest BCUT2D eigenvalue weighted by Crippen LogP contribution is 2.01. The predicted molar refractivity (Wildman–Crippen MR) is 48.8 cm³/mol. The van der Waals surface area contributed by atoms with Gasteiger partial charge in [0.15, 0.2) is 0 Å². The van der Waals surface area contributed by atoms with Gasteiger partial charge in [-0.15, -0.1) is 0 Å². The van der Waals surface area contributed by atoms with Crippen LogP contribution in [0, 0.1) is 18.8 Å². The van der Waals surface area contributed by atoms with E-state index in [1.54, 1.807) is 4.68 Å². The largest absolute Gasteiger partial charge is 0.274 e. The molecule has 13 heavy (non-hydrogen) atoms. The molecule has 0 saturated heterocycles. The van der Waals surface area contributed by atoms with Crippen LogP contribution < -0.4 is 0 Å². The minimum atomic E-state index is 0.199. The Morgan fingerprint density at radius 2 is 2.54 bits per heavy atom. The van der Waals surface area contributed by atoms with Crippen molar-refractivity contribution in [3.63, 3.8) is 0 Å². The predicted octanol–water partition coefficient (Wildman–Crippen LogP) is 1.39. The first-order valence-electron chi connectivity index (χ1n) is 3.74. The summed E-state index contributed by atoms with van der Waals surface area (Å²) in [6.07, 6.45) is 1.83. The number of nitrogens with zero attached hydrogens (tertiary/aromatic N) is 5. The van der Waals surface area contributed by atoms with Crippen LogP contribution in [0.2, 0.25) is 0 Å². The Labute approximate surface area is 76.0 Å². The average molecular weight is 175 g/mol. The standard InChI is InChI=1S/C8H9N5/c1-7-8(6-13(2)11-7)4-3-5-10-12-9/h6H,5H2,1-2H3. The Morgan fingerprint density at radius 1 is 1.77 bits per heavy atom. The van der Waals surface area contributed by atoms with Gasteiger partial charge in [-0.3, -0.25) is 4.68 Å². The van der Waals surface area contributed by atoms with Gasteiger partial charge >= 0.3 is 0 Å². The second kappa shape index (κ2) is 4.19. The van der Waals surface area contributed by atoms with Crippen LogP contribution in [0.15, 0.2) is 11.3 Å². The van der Waals surface area contributed by atoms with E-state index in [1.807, 2.05) is 20.2 Å². The van der Waals surface area contributed by atoms with E-state index in [4.69, 9.17) is 5.53 Å². The molecule has 5 heteroatoms. The van der Waals surface area contributed by atoms with E-state index >= 15 is 0 Å². The number of hydrogen-bond donors (Lipinski definition) is 0. The molecule has 0 bridgehead atoms. The highest BCUT2D eigenvalue weighted by molar-refractivity contribution is 5.35. The third-order valence-corrected chi connectivity index (χ3v) is 1.45. The molecule has 1 aromatic heterocycles. The topological polar surface area (TPSA) is 66.6 Å². The van der Waals surface area contributed by atoms with Crippen LogP contribution in [0.1, 0.15) is 11.3 Å². The molecule has 1 heterocycles. The fourth-order valence-corrected chi connectivity index (χ4v) is 0.924. The second-order valence-electron chi connectivity index (χ2n) is 2.49. The lowest BCUT2D eigenvalue weighted by Gasteiger charge is -1.80. The number of aromatic nitrogens is 2. The quantitative estimate of drug-likeness (QED) is 0.275. The van der Waals surface area contributed by atoms with E-state index in [0.717, 1.165) is 11.3 Å². The minimum Gasteiger partial charge on any atom is -0.274 e. The highest BCUT2D eigenvalue weighted by Gasteiger charge is 1.97. The van der Waals surface area contributed by atoms with E-state index in [1.165, 1.54) is 0 Å². The van der Waals surface area contributed by atoms with Crippen LogP contribution in [0.3, 0.4) is 0 Å². The van der Waals surface area contributed by atoms with E-state index < -0.39 is 0 Å². The van der Waals surface area contributed by atoms with Gasteiger partial charge in [0.25, 0.3) is 0 Å². The van der Waals surface area contributed by atoms with Gasteiger partial charge in [0.1, 0.15) is 0 Å². The third-order valence-electron chi connectivity index (χ3n) is 1.45. The molecule has 0 aliphatic rings. The normalized spacial score (nSPS) is 8.46. The molecule has 0 radical (unpaired) electrons. The van der Waals surface area contributed by atoms with Crippen molar-refractivity contribution in [2.45, 2.75) is 6.92 Å². The van der Waals surface area contributed by atoms with Crippen molar-refractivity contribution in [1.29, 1.82) is 0 Å². The Kier molecular flexibility index (Phi) is 2.96. The van der Waals surface area contributed by atoms with E-state index in [-0.39, 0.29) is 6.54 Å². The molecule has 0 N–H and O–H groups in total. The Bertz CT molecular complexity index is 400. The molecule has 66 valence electrons. The Morgan fingerprint density at radius 3 is 3.08 bits per heavy atom. The summed E-state index contributed by atoms with van der Waals surface area (Å²) in [6, 6.07) is 0. The van der Waals surface area contributed by atoms with Crippen molar-refractivity contribution in [1.82, 2.24) is 9.78 Å². The minimum absolute atomic E-state index is 0.199. The Balaban J connectivity index is 2.76. The summed E-state index contributed by atoms with van der Waals surface area (Å²) in [5.74, 6) is 5.60. The number of rotatable bonds is 1. The molecule has 0 unspecified atom stereocenters. The summed E-state index contributed by atoms with van der Waals surface area (Å²) in [5.41, 5.74) is 9.75. The molecule has 1 rings (SSSR count). The zero-order valence-corrected chi connectivity index (χ0v) is 7.52. The fraction of sp³-hybridized carbons (Fsp3) is 0.375. The molecule has 0 spiro atoms. The number of aryl methyl sites for hydroxylation is 2. The lowest BCUT2D eigenvalue weighted by molar-refractivity contribution is 0.756. The van der Waals surface area contributed by atoms with Crippen molar-refractivity contribution in [3.05, 3.63) is 27.9 Å². The van der Waals surface area contributed by atoms with Crippen molar-refractivity contribution in [2.24, 2.45) is 12.2 Å². The Hall–Kier alpha value is -1.92. The molecular weight excluding hydrogens is 166 g/mol. The van der Waals surface area contributed by atoms with Crippen LogP contribution in [-0.2, 0) is 7.05 Å². The summed E-state index contributed by atoms with van der Waals surface area (Å²) in [7, 11) is 1.84. The third kappa shape index (κ3) is 2.55. The second-order valence-corrected chi connectivity index (χ2v) is 2.49. The average Bonchev–Trinajstić information content (AvgIpc) is 2.39. The van der Waals surface area contributed by atoms with Crippen LogP contribution in [0.5, 0.6) is 0 Å². The zero-order valence-electron chi connectivity index (χ0n) is 7.52. The van der Waals surface area contributed by atoms with Gasteiger partial charge in [0, 0.05) is 18.2 Å². The van der Waals surface area contributed by atoms with Crippen LogP contribution >= 0.6 is 0 Å². The zero-order chi connectivity index (χ0) is 9.68. The van der Waals surface area contributed by atoms with Gasteiger partial charge < -0.3 is 0 Å². The van der Waals surface area contributed by atoms with Gasteiger partial charge in [-0.05, 0) is 12.5 Å². The van der Waals surface area contributed by atoms with E-state index in [0.29, 0.717) is 0 Å². The molecule has 0 atom stereocenters. The molecule has 0 amide bonds. The maximum absolute atomic E-state index is 8.00. The maximum atomic E-state index is 8.00. The smallest absolute Gasteiger partial charge is 0.0880 e. The summed E-state index contributed by atoms with van der Waals surface area (Å²) >= 11 is 0. The summed E-state index contributed by atoms with van der Waals surface area (Å²) in [4.78, 5) is 2.60. The summed E-state index contributed by atoms with van der Waals surface area (Å²) in [6.45, 7) is 2.09. The first-order valence-corrected chi connectivity index (χ1v) is 3.74. The van der Waals surface area contributed by atoms with Crippen LogP contribution in [-0.4, -0.2) is 16.3 Å². The van der Waals surface area contributed by atoms with Crippen molar-refractivity contribution in [3.8, 4) is 11.8 Å². The van der Waals surface area contributed by atoms with Crippen molar-refractivity contribution in [2.75, 3.05) is 6.54 Å². The molecule has 0 fully saturated rings. The van der Waals surface area contributed by atoms with Gasteiger partial charge in [0.2, 0.25) is 0 Å². The maximum Gasteiger partial charge on any atom is 0.0880 e. The molecule has 5 nitrogen and oxygen atoms in total. The molecule has 0 aromatic carbocycles. The van der Waals surface area contributed by atoms with Gasteiger partial charge in [-0.1, -0.05) is 17.0 Å². The molecule has 0 aliphatic carbocycles. The lowest BCUT2D eigenvalue weighted by atomic mass is 10.3. The van der Waals surface area contributed by atoms with Gasteiger partial charge in [-0.2, -0.15) is 5.10 Å². The summed E-state index contributed by atoms with van der Waals surface area (Å²) < 4.78 is 1.70. The van der Waals surface area contributed by atoms with Crippen molar-refractivity contribution >= 4 is 0 Å². The monoisotopic (exact) mass is 175 g/mol. The van der Waals surface area contributed by atoms with Crippen LogP contribution in [0.25, 0.3) is 10.4 Å². The van der Waals surface area contributed by atoms with Crippen molar-refractivity contribution < 1.29 is 0 Å². The first-order chi connectivity index (χ1) is 6.24. The SMILES string of the molecule is Cc1nn(C)cc1C#CCN=[N+]=[N-]. The number of azide groups is 1. The van der Waals surface area contributed by atoms with E-state index in [2.05, 4.69) is 27.0 Å². The van der Waals surface area contributed by atoms with E-state index in [9.17, 15) is 0 Å². The fourth-order valence-electron chi connectivity index (χ4n) is 0.924.